The van der Waals surface area contributed by atoms with Crippen LogP contribution in [0.3, 0.4) is 0 Å². The van der Waals surface area contributed by atoms with Crippen LogP contribution in [-0.2, 0) is 0 Å². The maximum absolute atomic E-state index is 2.39. The Hall–Kier alpha value is -1.56. The van der Waals surface area contributed by atoms with Crippen LogP contribution in [0.4, 0.5) is 0 Å². The van der Waals surface area contributed by atoms with Crippen LogP contribution in [0.15, 0.2) is 60.7 Å². The van der Waals surface area contributed by atoms with E-state index >= 15 is 0 Å². The zero-order chi connectivity index (χ0) is 14.4. The van der Waals surface area contributed by atoms with Crippen LogP contribution in [-0.4, -0.2) is 0 Å². The Bertz CT molecular complexity index is 486. The molecule has 0 aliphatic carbocycles. The molecule has 0 heterocycles. The zero-order valence-corrected chi connectivity index (χ0v) is 12.8. The zero-order valence-electron chi connectivity index (χ0n) is 12.8. The third-order valence-corrected chi connectivity index (χ3v) is 4.47. The lowest BCUT2D eigenvalue weighted by Crippen LogP contribution is -2.16. The third-order valence-electron chi connectivity index (χ3n) is 4.47. The quantitative estimate of drug-likeness (QED) is 0.617. The van der Waals surface area contributed by atoms with E-state index in [-0.39, 0.29) is 0 Å². The molecule has 0 saturated heterocycles. The molecule has 0 saturated carbocycles. The molecule has 3 unspecified atom stereocenters. The van der Waals surface area contributed by atoms with Crippen LogP contribution in [0.1, 0.15) is 50.2 Å². The second kappa shape index (κ2) is 7.28. The Morgan fingerprint density at radius 3 is 1.80 bits per heavy atom. The summed E-state index contributed by atoms with van der Waals surface area (Å²) in [6.07, 6.45) is 3.44. The van der Waals surface area contributed by atoms with Gasteiger partial charge in [0, 0.05) is 0 Å². The molecule has 0 aromatic heterocycles. The van der Waals surface area contributed by atoms with Crippen molar-refractivity contribution in [2.24, 2.45) is 5.92 Å². The predicted octanol–water partition coefficient (Wildman–Crippen LogP) is 5.82. The molecule has 20 heavy (non-hydrogen) atoms. The predicted molar refractivity (Wildman–Crippen MR) is 87.8 cm³/mol. The minimum Gasteiger partial charge on any atom is -0.0622 e. The SMILES string of the molecule is C[CH]CC(c1ccccc1)C(C)C(C)c1ccccc1. The van der Waals surface area contributed by atoms with Crippen molar-refractivity contribution in [3.05, 3.63) is 78.2 Å². The van der Waals surface area contributed by atoms with E-state index in [1.807, 2.05) is 0 Å². The molecule has 1 radical (unpaired) electrons. The van der Waals surface area contributed by atoms with E-state index in [0.29, 0.717) is 17.8 Å². The van der Waals surface area contributed by atoms with Crippen LogP contribution >= 0.6 is 0 Å². The molecule has 0 bridgehead atoms. The molecule has 0 spiro atoms. The van der Waals surface area contributed by atoms with Crippen molar-refractivity contribution in [2.75, 3.05) is 0 Å². The molecule has 0 aliphatic rings. The minimum absolute atomic E-state index is 0.571. The standard InChI is InChI=1S/C20H25/c1-4-11-20(19-14-9-6-10-15-19)17(3)16(2)18-12-7-5-8-13-18/h4-10,12-17,20H,11H2,1-3H3. The Labute approximate surface area is 123 Å². The third kappa shape index (κ3) is 3.50. The highest BCUT2D eigenvalue weighted by atomic mass is 14.3. The average molecular weight is 265 g/mol. The van der Waals surface area contributed by atoms with E-state index in [0.717, 1.165) is 6.42 Å². The number of hydrogen-bond donors (Lipinski definition) is 0. The molecule has 0 aliphatic heterocycles. The lowest BCUT2D eigenvalue weighted by atomic mass is 9.75. The Kier molecular flexibility index (Phi) is 5.40. The number of hydrogen-bond acceptors (Lipinski definition) is 0. The van der Waals surface area contributed by atoms with Crippen molar-refractivity contribution in [1.82, 2.24) is 0 Å². The van der Waals surface area contributed by atoms with Gasteiger partial charge < -0.3 is 0 Å². The van der Waals surface area contributed by atoms with E-state index in [2.05, 4.69) is 87.9 Å². The Morgan fingerprint density at radius 1 is 0.800 bits per heavy atom. The molecule has 2 aromatic rings. The molecule has 0 heteroatoms. The largest absolute Gasteiger partial charge is 0.0622 e. The summed E-state index contributed by atoms with van der Waals surface area (Å²) in [5.41, 5.74) is 2.90. The van der Waals surface area contributed by atoms with Crippen LogP contribution in [0.25, 0.3) is 0 Å². The first-order valence-electron chi connectivity index (χ1n) is 7.61. The first kappa shape index (κ1) is 14.8. The normalized spacial score (nSPS) is 15.6. The lowest BCUT2D eigenvalue weighted by molar-refractivity contribution is 0.392. The summed E-state index contributed by atoms with van der Waals surface area (Å²) in [6.45, 7) is 6.90. The molecular formula is C20H25. The molecule has 0 fully saturated rings. The van der Waals surface area contributed by atoms with Crippen LogP contribution < -0.4 is 0 Å². The van der Waals surface area contributed by atoms with Gasteiger partial charge in [0.2, 0.25) is 0 Å². The van der Waals surface area contributed by atoms with Gasteiger partial charge >= 0.3 is 0 Å². The van der Waals surface area contributed by atoms with Gasteiger partial charge in [-0.25, -0.2) is 0 Å². The maximum Gasteiger partial charge on any atom is -0.0128 e. The summed E-state index contributed by atoms with van der Waals surface area (Å²) in [7, 11) is 0. The van der Waals surface area contributed by atoms with Gasteiger partial charge in [-0.2, -0.15) is 0 Å². The van der Waals surface area contributed by atoms with Gasteiger partial charge in [0.25, 0.3) is 0 Å². The van der Waals surface area contributed by atoms with E-state index in [1.54, 1.807) is 0 Å². The fraction of sp³-hybridized carbons (Fsp3) is 0.350. The van der Waals surface area contributed by atoms with Gasteiger partial charge in [-0.1, -0.05) is 81.4 Å². The molecule has 2 aromatic carbocycles. The van der Waals surface area contributed by atoms with Crippen molar-refractivity contribution in [1.29, 1.82) is 0 Å². The average Bonchev–Trinajstić information content (AvgIpc) is 2.53. The molecular weight excluding hydrogens is 240 g/mol. The van der Waals surface area contributed by atoms with Gasteiger partial charge in [0.1, 0.15) is 0 Å². The molecule has 0 N–H and O–H groups in total. The fourth-order valence-electron chi connectivity index (χ4n) is 3.02. The summed E-state index contributed by atoms with van der Waals surface area (Å²) in [5, 5.41) is 0. The lowest BCUT2D eigenvalue weighted by Gasteiger charge is -2.29. The van der Waals surface area contributed by atoms with E-state index in [4.69, 9.17) is 0 Å². The first-order chi connectivity index (χ1) is 9.74. The minimum atomic E-state index is 0.571. The van der Waals surface area contributed by atoms with Gasteiger partial charge in [-0.15, -0.1) is 0 Å². The summed E-state index contributed by atoms with van der Waals surface area (Å²) in [5.74, 6) is 1.79. The first-order valence-corrected chi connectivity index (χ1v) is 7.61. The highest BCUT2D eigenvalue weighted by Crippen LogP contribution is 2.38. The van der Waals surface area contributed by atoms with Crippen molar-refractivity contribution < 1.29 is 0 Å². The molecule has 3 atom stereocenters. The summed E-state index contributed by atoms with van der Waals surface area (Å²) in [4.78, 5) is 0. The van der Waals surface area contributed by atoms with E-state index in [1.165, 1.54) is 11.1 Å². The van der Waals surface area contributed by atoms with Crippen LogP contribution in [0.2, 0.25) is 0 Å². The topological polar surface area (TPSA) is 0 Å². The van der Waals surface area contributed by atoms with Gasteiger partial charge in [0.05, 0.1) is 0 Å². The van der Waals surface area contributed by atoms with Gasteiger partial charge in [0.15, 0.2) is 0 Å². The Balaban J connectivity index is 2.21. The van der Waals surface area contributed by atoms with Gasteiger partial charge in [-0.05, 0) is 41.7 Å². The van der Waals surface area contributed by atoms with Crippen LogP contribution in [0, 0.1) is 12.3 Å². The van der Waals surface area contributed by atoms with Crippen molar-refractivity contribution >= 4 is 0 Å². The summed E-state index contributed by atoms with van der Waals surface area (Å²) in [6, 6.07) is 21.8. The monoisotopic (exact) mass is 265 g/mol. The van der Waals surface area contributed by atoms with Crippen LogP contribution in [0.5, 0.6) is 0 Å². The second-order valence-electron chi connectivity index (χ2n) is 5.72. The summed E-state index contributed by atoms with van der Waals surface area (Å²) < 4.78 is 0. The molecule has 105 valence electrons. The molecule has 0 nitrogen and oxygen atoms in total. The molecule has 2 rings (SSSR count). The highest BCUT2D eigenvalue weighted by Gasteiger charge is 2.24. The van der Waals surface area contributed by atoms with E-state index < -0.39 is 0 Å². The number of benzene rings is 2. The number of rotatable bonds is 6. The van der Waals surface area contributed by atoms with Gasteiger partial charge in [-0.3, -0.25) is 0 Å². The molecule has 0 amide bonds. The van der Waals surface area contributed by atoms with Crippen molar-refractivity contribution in [3.63, 3.8) is 0 Å². The van der Waals surface area contributed by atoms with Crippen molar-refractivity contribution in [2.45, 2.75) is 39.0 Å². The van der Waals surface area contributed by atoms with Crippen molar-refractivity contribution in [3.8, 4) is 0 Å². The smallest absolute Gasteiger partial charge is 0.0128 e. The van der Waals surface area contributed by atoms with E-state index in [9.17, 15) is 0 Å². The summed E-state index contributed by atoms with van der Waals surface area (Å²) >= 11 is 0. The maximum atomic E-state index is 2.39. The highest BCUT2D eigenvalue weighted by molar-refractivity contribution is 5.25. The Morgan fingerprint density at radius 2 is 1.30 bits per heavy atom. The second-order valence-corrected chi connectivity index (χ2v) is 5.72. The fourth-order valence-corrected chi connectivity index (χ4v) is 3.02.